The lowest BCUT2D eigenvalue weighted by atomic mass is 10.3. The van der Waals surface area contributed by atoms with Gasteiger partial charge in [-0.15, -0.1) is 0 Å². The quantitative estimate of drug-likeness (QED) is 0.635. The molecule has 0 bridgehead atoms. The van der Waals surface area contributed by atoms with Crippen molar-refractivity contribution < 1.29 is 4.79 Å². The normalized spacial score (nSPS) is 14.5. The van der Waals surface area contributed by atoms with Crippen LogP contribution >= 0.6 is 0 Å². The largest absolute Gasteiger partial charge is 0.384 e. The third kappa shape index (κ3) is 3.12. The first kappa shape index (κ1) is 10.7. The van der Waals surface area contributed by atoms with Gasteiger partial charge in [0, 0.05) is 37.0 Å². The van der Waals surface area contributed by atoms with Crippen molar-refractivity contribution in [2.75, 3.05) is 24.1 Å². The highest BCUT2D eigenvalue weighted by Crippen LogP contribution is 2.28. The summed E-state index contributed by atoms with van der Waals surface area (Å²) in [7, 11) is 0. The molecule has 0 aliphatic heterocycles. The third-order valence-electron chi connectivity index (χ3n) is 2.48. The molecule has 1 amide bonds. The van der Waals surface area contributed by atoms with Crippen molar-refractivity contribution in [2.45, 2.75) is 12.8 Å². The Bertz CT molecular complexity index is 376. The molecule has 0 saturated heterocycles. The summed E-state index contributed by atoms with van der Waals surface area (Å²) < 4.78 is 0. The number of hydrogen-bond acceptors (Lipinski definition) is 4. The molecule has 0 unspecified atom stereocenters. The number of rotatable bonds is 5. The van der Waals surface area contributed by atoms with Gasteiger partial charge >= 0.3 is 0 Å². The van der Waals surface area contributed by atoms with Crippen molar-refractivity contribution in [3.63, 3.8) is 0 Å². The molecule has 16 heavy (non-hydrogen) atoms. The Morgan fingerprint density at radius 3 is 3.00 bits per heavy atom. The second-order valence-corrected chi connectivity index (χ2v) is 3.96. The van der Waals surface area contributed by atoms with Crippen molar-refractivity contribution in [3.8, 4) is 0 Å². The number of nitrogens with zero attached hydrogens (tertiary/aromatic N) is 1. The monoisotopic (exact) mass is 220 g/mol. The fourth-order valence-corrected chi connectivity index (χ4v) is 1.44. The molecule has 0 radical (unpaired) electrons. The van der Waals surface area contributed by atoms with Crippen molar-refractivity contribution in [1.82, 2.24) is 10.3 Å². The molecule has 1 aromatic rings. The number of carbonyl (C=O) groups excluding carboxylic acids is 1. The highest BCUT2D eigenvalue weighted by Gasteiger charge is 2.28. The Morgan fingerprint density at radius 2 is 2.31 bits per heavy atom. The lowest BCUT2D eigenvalue weighted by Crippen LogP contribution is -2.29. The summed E-state index contributed by atoms with van der Waals surface area (Å²) in [6, 6.07) is 3.61. The number of pyridine rings is 1. The van der Waals surface area contributed by atoms with Crippen LogP contribution in [0.15, 0.2) is 18.3 Å². The molecule has 0 atom stereocenters. The van der Waals surface area contributed by atoms with E-state index in [1.54, 1.807) is 12.3 Å². The SMILES string of the molecule is Nc1cc(NCCNC(=O)C2CC2)ccn1. The minimum Gasteiger partial charge on any atom is -0.384 e. The van der Waals surface area contributed by atoms with Crippen LogP contribution in [-0.4, -0.2) is 24.0 Å². The number of aromatic nitrogens is 1. The first-order valence-corrected chi connectivity index (χ1v) is 5.49. The second-order valence-electron chi connectivity index (χ2n) is 3.96. The van der Waals surface area contributed by atoms with Gasteiger partial charge in [0.2, 0.25) is 5.91 Å². The third-order valence-corrected chi connectivity index (χ3v) is 2.48. The van der Waals surface area contributed by atoms with Gasteiger partial charge in [0.15, 0.2) is 0 Å². The summed E-state index contributed by atoms with van der Waals surface area (Å²) in [5, 5.41) is 6.05. The summed E-state index contributed by atoms with van der Waals surface area (Å²) in [5.41, 5.74) is 6.46. The molecule has 5 heteroatoms. The fraction of sp³-hybridized carbons (Fsp3) is 0.455. The van der Waals surface area contributed by atoms with Crippen LogP contribution in [0.5, 0.6) is 0 Å². The van der Waals surface area contributed by atoms with Crippen molar-refractivity contribution >= 4 is 17.4 Å². The van der Waals surface area contributed by atoms with Crippen LogP contribution in [0, 0.1) is 5.92 Å². The van der Waals surface area contributed by atoms with Crippen LogP contribution in [0.25, 0.3) is 0 Å². The Hall–Kier alpha value is -1.78. The van der Waals surface area contributed by atoms with E-state index in [4.69, 9.17) is 5.73 Å². The molecular weight excluding hydrogens is 204 g/mol. The standard InChI is InChI=1S/C11H16N4O/c12-10-7-9(3-4-14-10)13-5-6-15-11(16)8-1-2-8/h3-4,7-8H,1-2,5-6H2,(H,15,16)(H3,12,13,14). The smallest absolute Gasteiger partial charge is 0.223 e. The first-order chi connectivity index (χ1) is 7.75. The minimum absolute atomic E-state index is 0.177. The van der Waals surface area contributed by atoms with E-state index in [0.717, 1.165) is 18.5 Å². The number of carbonyl (C=O) groups is 1. The number of nitrogen functional groups attached to an aromatic ring is 1. The summed E-state index contributed by atoms with van der Waals surface area (Å²) in [6.07, 6.45) is 3.74. The van der Waals surface area contributed by atoms with Crippen LogP contribution in [0.2, 0.25) is 0 Å². The van der Waals surface area contributed by atoms with Gasteiger partial charge in [-0.2, -0.15) is 0 Å². The first-order valence-electron chi connectivity index (χ1n) is 5.49. The molecule has 5 nitrogen and oxygen atoms in total. The Balaban J connectivity index is 1.65. The molecule has 1 aliphatic rings. The van der Waals surface area contributed by atoms with Gasteiger partial charge in [-0.3, -0.25) is 4.79 Å². The summed E-state index contributed by atoms with van der Waals surface area (Å²) >= 11 is 0. The summed E-state index contributed by atoms with van der Waals surface area (Å²) in [6.45, 7) is 1.33. The van der Waals surface area contributed by atoms with E-state index in [0.29, 0.717) is 18.9 Å². The number of hydrogen-bond donors (Lipinski definition) is 3. The van der Waals surface area contributed by atoms with Crippen LogP contribution in [-0.2, 0) is 4.79 Å². The zero-order valence-corrected chi connectivity index (χ0v) is 9.07. The number of nitrogens with one attached hydrogen (secondary N) is 2. The molecule has 1 aliphatic carbocycles. The second kappa shape index (κ2) is 4.83. The van der Waals surface area contributed by atoms with Gasteiger partial charge in [0.1, 0.15) is 5.82 Å². The van der Waals surface area contributed by atoms with Gasteiger partial charge in [0.05, 0.1) is 0 Å². The van der Waals surface area contributed by atoms with Crippen molar-refractivity contribution in [1.29, 1.82) is 0 Å². The van der Waals surface area contributed by atoms with E-state index in [2.05, 4.69) is 15.6 Å². The Morgan fingerprint density at radius 1 is 1.50 bits per heavy atom. The predicted molar refractivity (Wildman–Crippen MR) is 62.9 cm³/mol. The van der Waals surface area contributed by atoms with E-state index >= 15 is 0 Å². The van der Waals surface area contributed by atoms with Crippen LogP contribution in [0.4, 0.5) is 11.5 Å². The van der Waals surface area contributed by atoms with E-state index < -0.39 is 0 Å². The van der Waals surface area contributed by atoms with E-state index in [-0.39, 0.29) is 11.8 Å². The van der Waals surface area contributed by atoms with E-state index in [1.165, 1.54) is 0 Å². The molecule has 1 saturated carbocycles. The van der Waals surface area contributed by atoms with Gasteiger partial charge in [-0.25, -0.2) is 4.98 Å². The van der Waals surface area contributed by atoms with Crippen LogP contribution in [0.3, 0.4) is 0 Å². The molecule has 0 spiro atoms. The molecule has 2 rings (SSSR count). The van der Waals surface area contributed by atoms with Gasteiger partial charge in [0.25, 0.3) is 0 Å². The van der Waals surface area contributed by atoms with Gasteiger partial charge in [-0.1, -0.05) is 0 Å². The van der Waals surface area contributed by atoms with Crippen molar-refractivity contribution in [2.24, 2.45) is 5.92 Å². The summed E-state index contributed by atoms with van der Waals surface area (Å²) in [4.78, 5) is 15.2. The molecule has 4 N–H and O–H groups in total. The average molecular weight is 220 g/mol. The number of amides is 1. The lowest BCUT2D eigenvalue weighted by Gasteiger charge is -2.07. The van der Waals surface area contributed by atoms with Crippen LogP contribution in [0.1, 0.15) is 12.8 Å². The number of nitrogens with two attached hydrogens (primary N) is 1. The maximum absolute atomic E-state index is 11.3. The molecule has 1 fully saturated rings. The fourth-order valence-electron chi connectivity index (χ4n) is 1.44. The van der Waals surface area contributed by atoms with Gasteiger partial charge < -0.3 is 16.4 Å². The molecule has 1 heterocycles. The molecule has 0 aromatic carbocycles. The van der Waals surface area contributed by atoms with Gasteiger partial charge in [-0.05, 0) is 18.9 Å². The Kier molecular flexibility index (Phi) is 3.24. The predicted octanol–water partition coefficient (Wildman–Crippen LogP) is 0.602. The highest BCUT2D eigenvalue weighted by molar-refractivity contribution is 5.80. The highest BCUT2D eigenvalue weighted by atomic mass is 16.2. The maximum atomic E-state index is 11.3. The van der Waals surface area contributed by atoms with Crippen LogP contribution < -0.4 is 16.4 Å². The number of anilines is 2. The zero-order chi connectivity index (χ0) is 11.4. The van der Waals surface area contributed by atoms with E-state index in [9.17, 15) is 4.79 Å². The Labute approximate surface area is 94.4 Å². The topological polar surface area (TPSA) is 80.0 Å². The molecule has 86 valence electrons. The average Bonchev–Trinajstić information content (AvgIpc) is 3.08. The maximum Gasteiger partial charge on any atom is 0.223 e. The zero-order valence-electron chi connectivity index (χ0n) is 9.07. The molecule has 1 aromatic heterocycles. The van der Waals surface area contributed by atoms with E-state index in [1.807, 2.05) is 6.07 Å². The van der Waals surface area contributed by atoms with Crippen molar-refractivity contribution in [3.05, 3.63) is 18.3 Å². The summed E-state index contributed by atoms with van der Waals surface area (Å²) in [5.74, 6) is 0.944. The lowest BCUT2D eigenvalue weighted by molar-refractivity contribution is -0.122. The minimum atomic E-state index is 0.177. The molecular formula is C11H16N4O.